The summed E-state index contributed by atoms with van der Waals surface area (Å²) < 4.78 is 33.0. The molecule has 0 amide bonds. The van der Waals surface area contributed by atoms with Crippen molar-refractivity contribution in [2.24, 2.45) is 5.41 Å². The van der Waals surface area contributed by atoms with Crippen molar-refractivity contribution in [3.05, 3.63) is 65.9 Å². The fourth-order valence-electron chi connectivity index (χ4n) is 3.26. The van der Waals surface area contributed by atoms with Crippen molar-refractivity contribution in [2.45, 2.75) is 39.0 Å². The highest BCUT2D eigenvalue weighted by Gasteiger charge is 2.31. The van der Waals surface area contributed by atoms with Crippen LogP contribution in [-0.4, -0.2) is 25.0 Å². The molecule has 2 aromatic carbocycles. The molecule has 3 aromatic rings. The molecule has 1 aromatic heterocycles. The number of ether oxygens (including phenoxy) is 1. The Hall–Kier alpha value is -2.60. The normalized spacial score (nSPS) is 12.3. The molecular weight excluding hydrogens is 374 g/mol. The first-order chi connectivity index (χ1) is 13.2. The van der Waals surface area contributed by atoms with Crippen molar-refractivity contribution in [1.29, 1.82) is 0 Å². The zero-order valence-corrected chi connectivity index (χ0v) is 17.4. The van der Waals surface area contributed by atoms with E-state index >= 15 is 0 Å². The molecule has 0 aliphatic heterocycles. The van der Waals surface area contributed by atoms with Gasteiger partial charge in [0.15, 0.2) is 0 Å². The smallest absolute Gasteiger partial charge is 0.311 e. The van der Waals surface area contributed by atoms with Crippen LogP contribution in [0.5, 0.6) is 0 Å². The third kappa shape index (κ3) is 3.69. The van der Waals surface area contributed by atoms with Crippen molar-refractivity contribution < 1.29 is 17.9 Å². The summed E-state index contributed by atoms with van der Waals surface area (Å²) in [5.41, 5.74) is 1.62. The van der Waals surface area contributed by atoms with Gasteiger partial charge in [-0.1, -0.05) is 35.9 Å². The fourth-order valence-corrected chi connectivity index (χ4v) is 4.65. The van der Waals surface area contributed by atoms with Gasteiger partial charge in [-0.25, -0.2) is 12.4 Å². The lowest BCUT2D eigenvalue weighted by atomic mass is 9.86. The Labute approximate surface area is 166 Å². The minimum atomic E-state index is -3.75. The molecule has 3 rings (SSSR count). The van der Waals surface area contributed by atoms with Gasteiger partial charge < -0.3 is 4.74 Å². The maximum Gasteiger partial charge on any atom is 0.311 e. The number of esters is 1. The second kappa shape index (κ2) is 7.43. The Balaban J connectivity index is 2.11. The summed E-state index contributed by atoms with van der Waals surface area (Å²) in [5, 5.41) is 0.815. The first kappa shape index (κ1) is 20.1. The molecule has 0 fully saturated rings. The zero-order valence-electron chi connectivity index (χ0n) is 16.6. The van der Waals surface area contributed by atoms with Crippen LogP contribution in [0.25, 0.3) is 10.9 Å². The third-order valence-electron chi connectivity index (χ3n) is 4.80. The minimum absolute atomic E-state index is 0.232. The Morgan fingerprint density at radius 3 is 2.36 bits per heavy atom. The van der Waals surface area contributed by atoms with Crippen molar-refractivity contribution in [3.63, 3.8) is 0 Å². The highest BCUT2D eigenvalue weighted by Crippen LogP contribution is 2.31. The summed E-state index contributed by atoms with van der Waals surface area (Å²) in [5.74, 6) is -0.298. The van der Waals surface area contributed by atoms with Crippen LogP contribution in [0.2, 0.25) is 0 Å². The summed E-state index contributed by atoms with van der Waals surface area (Å²) in [4.78, 5) is 12.5. The van der Waals surface area contributed by atoms with Crippen LogP contribution in [-0.2, 0) is 26.0 Å². The van der Waals surface area contributed by atoms with Gasteiger partial charge in [0.25, 0.3) is 10.0 Å². The molecule has 0 spiro atoms. The number of rotatable bonds is 6. The largest absolute Gasteiger partial charge is 0.466 e. The minimum Gasteiger partial charge on any atom is -0.466 e. The number of aromatic nitrogens is 1. The first-order valence-corrected chi connectivity index (χ1v) is 10.7. The van der Waals surface area contributed by atoms with Gasteiger partial charge in [-0.15, -0.1) is 0 Å². The molecule has 1 heterocycles. The van der Waals surface area contributed by atoms with E-state index in [9.17, 15) is 13.2 Å². The lowest BCUT2D eigenvalue weighted by molar-refractivity contribution is -0.153. The van der Waals surface area contributed by atoms with Gasteiger partial charge in [0, 0.05) is 11.6 Å². The van der Waals surface area contributed by atoms with Crippen LogP contribution in [0.4, 0.5) is 0 Å². The van der Waals surface area contributed by atoms with Crippen LogP contribution in [0, 0.1) is 12.3 Å². The number of carbonyl (C=O) groups excluding carboxylic acids is 1. The van der Waals surface area contributed by atoms with Crippen LogP contribution in [0.3, 0.4) is 0 Å². The van der Waals surface area contributed by atoms with Gasteiger partial charge in [0.1, 0.15) is 0 Å². The fraction of sp³-hybridized carbons (Fsp3) is 0.318. The molecule has 0 atom stereocenters. The quantitative estimate of drug-likeness (QED) is 0.579. The van der Waals surface area contributed by atoms with E-state index in [1.54, 1.807) is 43.5 Å². The molecule has 6 heteroatoms. The average Bonchev–Trinajstić information content (AvgIpc) is 3.01. The maximum atomic E-state index is 13.2. The molecule has 0 unspecified atom stereocenters. The molecule has 0 aliphatic rings. The number of fused-ring (bicyclic) bond motifs is 1. The lowest BCUT2D eigenvalue weighted by Crippen LogP contribution is -2.29. The standard InChI is InChI=1S/C22H25NO4S/c1-5-27-21(24)22(3,4)14-17-15-23(20-9-7-6-8-19(17)20)28(25,26)18-12-10-16(2)11-13-18/h6-13,15H,5,14H2,1-4H3. The second-order valence-corrected chi connectivity index (χ2v) is 9.38. The first-order valence-electron chi connectivity index (χ1n) is 9.25. The van der Waals surface area contributed by atoms with E-state index in [4.69, 9.17) is 4.74 Å². The van der Waals surface area contributed by atoms with E-state index < -0.39 is 15.4 Å². The van der Waals surface area contributed by atoms with Crippen LogP contribution >= 0.6 is 0 Å². The van der Waals surface area contributed by atoms with Gasteiger partial charge >= 0.3 is 5.97 Å². The van der Waals surface area contributed by atoms with Gasteiger partial charge in [0.2, 0.25) is 0 Å². The summed E-state index contributed by atoms with van der Waals surface area (Å²) >= 11 is 0. The van der Waals surface area contributed by atoms with Crippen LogP contribution in [0.1, 0.15) is 31.9 Å². The summed E-state index contributed by atoms with van der Waals surface area (Å²) in [6.45, 7) is 7.62. The number of para-hydroxylation sites is 1. The molecule has 0 N–H and O–H groups in total. The summed E-state index contributed by atoms with van der Waals surface area (Å²) in [7, 11) is -3.75. The molecule has 0 saturated carbocycles. The van der Waals surface area contributed by atoms with Gasteiger partial charge in [-0.05, 0) is 57.9 Å². The Kier molecular flexibility index (Phi) is 5.35. The molecule has 5 nitrogen and oxygen atoms in total. The summed E-state index contributed by atoms with van der Waals surface area (Å²) in [6, 6.07) is 14.1. The number of carbonyl (C=O) groups is 1. The highest BCUT2D eigenvalue weighted by molar-refractivity contribution is 7.90. The topological polar surface area (TPSA) is 65.4 Å². The Morgan fingerprint density at radius 1 is 1.07 bits per heavy atom. The summed E-state index contributed by atoms with van der Waals surface area (Å²) in [6.07, 6.45) is 2.00. The zero-order chi connectivity index (χ0) is 20.5. The van der Waals surface area contributed by atoms with Crippen molar-refractivity contribution in [3.8, 4) is 0 Å². The molecule has 0 aliphatic carbocycles. The van der Waals surface area contributed by atoms with E-state index in [1.165, 1.54) is 3.97 Å². The second-order valence-electron chi connectivity index (χ2n) is 7.57. The molecule has 28 heavy (non-hydrogen) atoms. The van der Waals surface area contributed by atoms with E-state index in [1.807, 2.05) is 39.0 Å². The van der Waals surface area contributed by atoms with E-state index in [0.717, 1.165) is 16.5 Å². The predicted molar refractivity (Wildman–Crippen MR) is 110 cm³/mol. The van der Waals surface area contributed by atoms with Crippen LogP contribution < -0.4 is 0 Å². The van der Waals surface area contributed by atoms with E-state index in [0.29, 0.717) is 18.5 Å². The van der Waals surface area contributed by atoms with Crippen molar-refractivity contribution in [2.75, 3.05) is 6.61 Å². The molecule has 148 valence electrons. The molecule has 0 bridgehead atoms. The monoisotopic (exact) mass is 399 g/mol. The number of hydrogen-bond acceptors (Lipinski definition) is 4. The van der Waals surface area contributed by atoms with Gasteiger partial charge in [-0.3, -0.25) is 4.79 Å². The molecular formula is C22H25NO4S. The van der Waals surface area contributed by atoms with E-state index in [2.05, 4.69) is 0 Å². The SMILES string of the molecule is CCOC(=O)C(C)(C)Cc1cn(S(=O)(=O)c2ccc(C)cc2)c2ccccc12. The van der Waals surface area contributed by atoms with Gasteiger partial charge in [-0.2, -0.15) is 0 Å². The molecule has 0 radical (unpaired) electrons. The maximum absolute atomic E-state index is 13.2. The van der Waals surface area contributed by atoms with Crippen LogP contribution in [0.15, 0.2) is 59.6 Å². The van der Waals surface area contributed by atoms with Crippen molar-refractivity contribution >= 4 is 26.9 Å². The Bertz CT molecular complexity index is 1110. The lowest BCUT2D eigenvalue weighted by Gasteiger charge is -2.21. The number of nitrogens with zero attached hydrogens (tertiary/aromatic N) is 1. The van der Waals surface area contributed by atoms with Crippen molar-refractivity contribution in [1.82, 2.24) is 3.97 Å². The average molecular weight is 400 g/mol. The Morgan fingerprint density at radius 2 is 1.71 bits per heavy atom. The highest BCUT2D eigenvalue weighted by atomic mass is 32.2. The predicted octanol–water partition coefficient (Wildman–Crippen LogP) is 4.32. The van der Waals surface area contributed by atoms with E-state index in [-0.39, 0.29) is 10.9 Å². The number of aryl methyl sites for hydroxylation is 1. The third-order valence-corrected chi connectivity index (χ3v) is 6.49. The number of benzene rings is 2. The van der Waals surface area contributed by atoms with Gasteiger partial charge in [0.05, 0.1) is 22.4 Å². The molecule has 0 saturated heterocycles. The number of hydrogen-bond donors (Lipinski definition) is 0.